The number of nitrogens with zero attached hydrogens (tertiary/aromatic N) is 4. The number of aryl methyl sites for hydroxylation is 1. The fourth-order valence-corrected chi connectivity index (χ4v) is 5.76. The molecule has 3 aliphatic rings. The minimum Gasteiger partial charge on any atom is -0.394 e. The molecule has 0 saturated heterocycles. The fraction of sp³-hybridized carbons (Fsp3) is 0.476. The number of hydrogen-bond acceptors (Lipinski definition) is 7. The second-order valence-corrected chi connectivity index (χ2v) is 10.1. The van der Waals surface area contributed by atoms with Crippen molar-refractivity contribution in [2.75, 3.05) is 35.7 Å². The third-order valence-corrected chi connectivity index (χ3v) is 7.92. The number of rotatable bonds is 5. The maximum atomic E-state index is 12.6. The van der Waals surface area contributed by atoms with Crippen molar-refractivity contribution in [2.45, 2.75) is 42.5 Å². The first-order chi connectivity index (χ1) is 14.6. The summed E-state index contributed by atoms with van der Waals surface area (Å²) in [4.78, 5) is 16.5. The molecule has 2 aromatic heterocycles. The van der Waals surface area contributed by atoms with Crippen LogP contribution in [0.1, 0.15) is 37.2 Å². The van der Waals surface area contributed by atoms with Crippen molar-refractivity contribution in [1.29, 1.82) is 0 Å². The Hall–Kier alpha value is -2.03. The Balaban J connectivity index is 1.42. The van der Waals surface area contributed by atoms with Gasteiger partial charge in [-0.3, -0.25) is 4.21 Å². The summed E-state index contributed by atoms with van der Waals surface area (Å²) in [7, 11) is -1.03. The average molecular weight is 446 g/mol. The summed E-state index contributed by atoms with van der Waals surface area (Å²) in [6, 6.07) is 2.01. The smallest absolute Gasteiger partial charge is 0.154 e. The number of anilines is 2. The molecule has 0 unspecified atom stereocenters. The minimum atomic E-state index is -1.03. The molecule has 0 amide bonds. The zero-order valence-electron chi connectivity index (χ0n) is 16.6. The van der Waals surface area contributed by atoms with Crippen molar-refractivity contribution in [1.82, 2.24) is 15.0 Å². The first-order valence-electron chi connectivity index (χ1n) is 10.3. The number of hydrogen-bond donors (Lipinski definition) is 2. The summed E-state index contributed by atoms with van der Waals surface area (Å²) in [6.07, 6.45) is 9.87. The number of aliphatic hydroxyl groups excluding tert-OH is 1. The van der Waals surface area contributed by atoms with Crippen molar-refractivity contribution in [2.24, 2.45) is 0 Å². The van der Waals surface area contributed by atoms with E-state index in [2.05, 4.69) is 26.3 Å². The quantitative estimate of drug-likeness (QED) is 0.731. The summed E-state index contributed by atoms with van der Waals surface area (Å²) < 4.78 is 12.6. The Morgan fingerprint density at radius 3 is 2.70 bits per heavy atom. The van der Waals surface area contributed by atoms with Gasteiger partial charge < -0.3 is 15.3 Å². The summed E-state index contributed by atoms with van der Waals surface area (Å²) in [5.41, 5.74) is 2.60. The second-order valence-electron chi connectivity index (χ2n) is 8.17. The van der Waals surface area contributed by atoms with E-state index in [9.17, 15) is 9.32 Å². The van der Waals surface area contributed by atoms with Gasteiger partial charge >= 0.3 is 0 Å². The SMILES string of the molecule is O=[S@@]1CCc2nc(N3CC=C(c4ncc(Cl)cn4)CC3)cc(NC3(CO)CCC3)c21. The van der Waals surface area contributed by atoms with Crippen LogP contribution in [0.15, 0.2) is 29.4 Å². The normalized spacial score (nSPS) is 22.3. The van der Waals surface area contributed by atoms with Crippen LogP contribution in [0.25, 0.3) is 5.57 Å². The first kappa shape index (κ1) is 19.9. The summed E-state index contributed by atoms with van der Waals surface area (Å²) in [6.45, 7) is 1.60. The van der Waals surface area contributed by atoms with Gasteiger partial charge in [0.15, 0.2) is 5.82 Å². The average Bonchev–Trinajstić information content (AvgIpc) is 3.12. The molecule has 7 nitrogen and oxygen atoms in total. The highest BCUT2D eigenvalue weighted by Gasteiger charge is 2.38. The van der Waals surface area contributed by atoms with Crippen LogP contribution in [0, 0.1) is 0 Å². The van der Waals surface area contributed by atoms with Crippen LogP contribution in [0.3, 0.4) is 0 Å². The van der Waals surface area contributed by atoms with E-state index in [4.69, 9.17) is 16.6 Å². The third-order valence-electron chi connectivity index (χ3n) is 6.24. The van der Waals surface area contributed by atoms with Crippen LogP contribution in [-0.2, 0) is 17.2 Å². The van der Waals surface area contributed by atoms with Crippen LogP contribution in [0.4, 0.5) is 11.5 Å². The molecular formula is C21H24ClN5O2S. The lowest BCUT2D eigenvalue weighted by atomic mass is 9.77. The molecule has 4 heterocycles. The zero-order chi connectivity index (χ0) is 20.7. The van der Waals surface area contributed by atoms with Gasteiger partial charge in [0, 0.05) is 43.7 Å². The summed E-state index contributed by atoms with van der Waals surface area (Å²) >= 11 is 5.89. The number of pyridine rings is 1. The van der Waals surface area contributed by atoms with Gasteiger partial charge in [-0.1, -0.05) is 17.7 Å². The van der Waals surface area contributed by atoms with Crippen molar-refractivity contribution in [3.8, 4) is 0 Å². The van der Waals surface area contributed by atoms with Crippen molar-refractivity contribution >= 4 is 39.5 Å². The third kappa shape index (κ3) is 3.61. The van der Waals surface area contributed by atoms with E-state index in [0.29, 0.717) is 23.1 Å². The molecule has 1 fully saturated rings. The van der Waals surface area contributed by atoms with Gasteiger partial charge in [-0.25, -0.2) is 15.0 Å². The largest absolute Gasteiger partial charge is 0.394 e. The van der Waals surface area contributed by atoms with Gasteiger partial charge in [0.1, 0.15) is 5.82 Å². The molecule has 1 saturated carbocycles. The molecule has 0 spiro atoms. The molecule has 30 heavy (non-hydrogen) atoms. The molecule has 0 radical (unpaired) electrons. The van der Waals surface area contributed by atoms with E-state index in [0.717, 1.165) is 66.3 Å². The molecule has 158 valence electrons. The van der Waals surface area contributed by atoms with E-state index in [1.165, 1.54) is 0 Å². The predicted molar refractivity (Wildman–Crippen MR) is 118 cm³/mol. The molecule has 0 aromatic carbocycles. The second kappa shape index (κ2) is 7.90. The highest BCUT2D eigenvalue weighted by atomic mass is 35.5. The van der Waals surface area contributed by atoms with Crippen LogP contribution in [-0.4, -0.2) is 55.3 Å². The molecule has 0 bridgehead atoms. The molecule has 2 aromatic rings. The molecule has 9 heteroatoms. The highest BCUT2D eigenvalue weighted by molar-refractivity contribution is 7.85. The van der Waals surface area contributed by atoms with E-state index in [1.54, 1.807) is 12.4 Å². The fourth-order valence-electron chi connectivity index (χ4n) is 4.31. The van der Waals surface area contributed by atoms with Gasteiger partial charge in [0.25, 0.3) is 0 Å². The molecule has 2 aliphatic heterocycles. The monoisotopic (exact) mass is 445 g/mol. The van der Waals surface area contributed by atoms with E-state index < -0.39 is 10.8 Å². The first-order valence-corrected chi connectivity index (χ1v) is 12.0. The lowest BCUT2D eigenvalue weighted by Crippen LogP contribution is -2.48. The zero-order valence-corrected chi connectivity index (χ0v) is 18.2. The Morgan fingerprint density at radius 1 is 1.27 bits per heavy atom. The van der Waals surface area contributed by atoms with Crippen molar-refractivity contribution in [3.63, 3.8) is 0 Å². The predicted octanol–water partition coefficient (Wildman–Crippen LogP) is 2.81. The lowest BCUT2D eigenvalue weighted by Gasteiger charge is -2.42. The standard InChI is InChI=1S/C21H24ClN5O2S/c22-15-11-23-20(24-12-15)14-2-7-27(8-3-14)18-10-17(26-21(13-28)5-1-6-21)19-16(25-18)4-9-30(19)29/h2,10-12,28H,1,3-9,13H2,(H,25,26)/t30-/m1/s1. The topological polar surface area (TPSA) is 91.2 Å². The van der Waals surface area contributed by atoms with Crippen LogP contribution >= 0.6 is 11.6 Å². The maximum Gasteiger partial charge on any atom is 0.154 e. The van der Waals surface area contributed by atoms with Gasteiger partial charge in [0.2, 0.25) is 0 Å². The molecule has 5 rings (SSSR count). The maximum absolute atomic E-state index is 12.6. The summed E-state index contributed by atoms with van der Waals surface area (Å²) in [5.74, 6) is 2.22. The van der Waals surface area contributed by atoms with Crippen LogP contribution in [0.5, 0.6) is 0 Å². The number of aliphatic hydroxyl groups is 1. The van der Waals surface area contributed by atoms with E-state index in [1.807, 2.05) is 6.07 Å². The number of aromatic nitrogens is 3. The van der Waals surface area contributed by atoms with Crippen LogP contribution < -0.4 is 10.2 Å². The van der Waals surface area contributed by atoms with Crippen molar-refractivity contribution in [3.05, 3.63) is 41.1 Å². The Labute approximate surface area is 183 Å². The van der Waals surface area contributed by atoms with E-state index >= 15 is 0 Å². The lowest BCUT2D eigenvalue weighted by molar-refractivity contribution is 0.144. The Morgan fingerprint density at radius 2 is 2.07 bits per heavy atom. The molecule has 2 N–H and O–H groups in total. The van der Waals surface area contributed by atoms with Gasteiger partial charge in [0.05, 0.1) is 44.2 Å². The number of nitrogens with one attached hydrogen (secondary N) is 1. The minimum absolute atomic E-state index is 0.0863. The summed E-state index contributed by atoms with van der Waals surface area (Å²) in [5, 5.41) is 14.0. The Bertz CT molecular complexity index is 1020. The van der Waals surface area contributed by atoms with Crippen LogP contribution in [0.2, 0.25) is 5.02 Å². The van der Waals surface area contributed by atoms with Gasteiger partial charge in [-0.2, -0.15) is 0 Å². The number of fused-ring (bicyclic) bond motifs is 1. The highest BCUT2D eigenvalue weighted by Crippen LogP contribution is 2.40. The molecule has 1 aliphatic carbocycles. The molecular weight excluding hydrogens is 422 g/mol. The molecule has 1 atom stereocenters. The number of halogens is 1. The van der Waals surface area contributed by atoms with Gasteiger partial charge in [-0.15, -0.1) is 0 Å². The van der Waals surface area contributed by atoms with Gasteiger partial charge in [-0.05, 0) is 31.3 Å². The Kier molecular flexibility index (Phi) is 5.24. The van der Waals surface area contributed by atoms with Crippen molar-refractivity contribution < 1.29 is 9.32 Å². The van der Waals surface area contributed by atoms with E-state index in [-0.39, 0.29) is 12.1 Å².